The zero-order chi connectivity index (χ0) is 13.3. The third-order valence-corrected chi connectivity index (χ3v) is 2.21. The van der Waals surface area contributed by atoms with Gasteiger partial charge in [-0.3, -0.25) is 0 Å². The lowest BCUT2D eigenvalue weighted by Crippen LogP contribution is -1.76. The van der Waals surface area contributed by atoms with Crippen LogP contribution in [0.1, 0.15) is 50.2 Å². The van der Waals surface area contributed by atoms with Crippen LogP contribution in [0.15, 0.2) is 25.3 Å². The fourth-order valence-electron chi connectivity index (χ4n) is 1.61. The third kappa shape index (κ3) is 3.63. The van der Waals surface area contributed by atoms with Crippen LogP contribution in [0.2, 0.25) is 0 Å². The lowest BCUT2D eigenvalue weighted by Gasteiger charge is -1.94. The van der Waals surface area contributed by atoms with Crippen molar-refractivity contribution in [1.82, 2.24) is 4.98 Å². The van der Waals surface area contributed by atoms with Crippen LogP contribution < -0.4 is 0 Å². The van der Waals surface area contributed by atoms with Gasteiger partial charge < -0.3 is 4.98 Å². The summed E-state index contributed by atoms with van der Waals surface area (Å²) in [5.41, 5.74) is 4.37. The van der Waals surface area contributed by atoms with E-state index in [-0.39, 0.29) is 0 Å². The highest BCUT2D eigenvalue weighted by molar-refractivity contribution is 5.77. The quantitative estimate of drug-likeness (QED) is 0.712. The second-order valence-electron chi connectivity index (χ2n) is 3.19. The molecule has 1 heteroatoms. The molecule has 17 heavy (non-hydrogen) atoms. The number of nitrogens with one attached hydrogen (secondary N) is 1. The number of aromatic amines is 1. The SMILES string of the molecule is C=Cc1c(/C=C\C)[nH]c(/C=C\C)c1C=C.CC. The summed E-state index contributed by atoms with van der Waals surface area (Å²) in [6.45, 7) is 15.7. The third-order valence-electron chi connectivity index (χ3n) is 2.21. The molecule has 0 unspecified atom stereocenters. The summed E-state index contributed by atoms with van der Waals surface area (Å²) in [5, 5.41) is 0. The minimum atomic E-state index is 1.08. The van der Waals surface area contributed by atoms with Gasteiger partial charge in [-0.15, -0.1) is 0 Å². The van der Waals surface area contributed by atoms with Crippen LogP contribution in [0.5, 0.6) is 0 Å². The van der Waals surface area contributed by atoms with Gasteiger partial charge in [-0.25, -0.2) is 0 Å². The van der Waals surface area contributed by atoms with E-state index in [1.54, 1.807) is 0 Å². The Labute approximate surface area is 105 Å². The van der Waals surface area contributed by atoms with E-state index < -0.39 is 0 Å². The van der Waals surface area contributed by atoms with Gasteiger partial charge in [-0.05, 0) is 26.0 Å². The van der Waals surface area contributed by atoms with E-state index >= 15 is 0 Å². The smallest absolute Gasteiger partial charge is 0.0461 e. The van der Waals surface area contributed by atoms with E-state index in [0.29, 0.717) is 0 Å². The topological polar surface area (TPSA) is 15.8 Å². The summed E-state index contributed by atoms with van der Waals surface area (Å²) in [5.74, 6) is 0. The van der Waals surface area contributed by atoms with Crippen molar-refractivity contribution in [2.75, 3.05) is 0 Å². The van der Waals surface area contributed by atoms with Gasteiger partial charge in [0.15, 0.2) is 0 Å². The van der Waals surface area contributed by atoms with Gasteiger partial charge in [0.1, 0.15) is 0 Å². The van der Waals surface area contributed by atoms with Crippen LogP contribution >= 0.6 is 0 Å². The van der Waals surface area contributed by atoms with Crippen LogP contribution in [-0.4, -0.2) is 4.98 Å². The first kappa shape index (κ1) is 15.2. The van der Waals surface area contributed by atoms with E-state index in [9.17, 15) is 0 Å². The van der Waals surface area contributed by atoms with Crippen molar-refractivity contribution in [1.29, 1.82) is 0 Å². The Balaban J connectivity index is 0.00000121. The molecule has 0 fully saturated rings. The first-order valence-electron chi connectivity index (χ1n) is 6.04. The van der Waals surface area contributed by atoms with Crippen molar-refractivity contribution < 1.29 is 0 Å². The van der Waals surface area contributed by atoms with Gasteiger partial charge in [0.2, 0.25) is 0 Å². The first-order chi connectivity index (χ1) is 8.28. The summed E-state index contributed by atoms with van der Waals surface area (Å²) in [6.07, 6.45) is 11.8. The maximum Gasteiger partial charge on any atom is 0.0461 e. The zero-order valence-electron chi connectivity index (χ0n) is 11.4. The number of rotatable bonds is 4. The molecule has 0 atom stereocenters. The number of aromatic nitrogens is 1. The molecule has 0 saturated heterocycles. The maximum absolute atomic E-state index is 3.83. The van der Waals surface area contributed by atoms with Gasteiger partial charge in [-0.2, -0.15) is 0 Å². The predicted octanol–water partition coefficient (Wildman–Crippen LogP) is 5.39. The molecule has 1 aromatic heterocycles. The Bertz CT molecular complexity index is 378. The molecule has 1 rings (SSSR count). The Morgan fingerprint density at radius 3 is 1.41 bits per heavy atom. The Morgan fingerprint density at radius 2 is 1.18 bits per heavy atom. The first-order valence-corrected chi connectivity index (χ1v) is 6.04. The van der Waals surface area contributed by atoms with Crippen LogP contribution in [0, 0.1) is 0 Å². The normalized spacial score (nSPS) is 10.4. The van der Waals surface area contributed by atoms with Crippen molar-refractivity contribution in [3.63, 3.8) is 0 Å². The molecule has 1 aromatic rings. The van der Waals surface area contributed by atoms with Crippen molar-refractivity contribution in [2.45, 2.75) is 27.7 Å². The predicted molar refractivity (Wildman–Crippen MR) is 81.7 cm³/mol. The molecule has 0 amide bonds. The maximum atomic E-state index is 3.83. The van der Waals surface area contributed by atoms with Gasteiger partial charge >= 0.3 is 0 Å². The fourth-order valence-corrected chi connectivity index (χ4v) is 1.61. The van der Waals surface area contributed by atoms with Gasteiger partial charge in [0.25, 0.3) is 0 Å². The van der Waals surface area contributed by atoms with E-state index in [4.69, 9.17) is 0 Å². The van der Waals surface area contributed by atoms with Crippen molar-refractivity contribution >= 4 is 24.3 Å². The lowest BCUT2D eigenvalue weighted by molar-refractivity contribution is 1.33. The molecule has 0 spiro atoms. The Kier molecular flexibility index (Phi) is 7.53. The molecule has 0 radical (unpaired) electrons. The van der Waals surface area contributed by atoms with Crippen molar-refractivity contribution in [3.8, 4) is 0 Å². The van der Waals surface area contributed by atoms with E-state index in [2.05, 4.69) is 18.1 Å². The number of hydrogen-bond donors (Lipinski definition) is 1. The highest BCUT2D eigenvalue weighted by atomic mass is 14.7. The molecule has 0 aliphatic heterocycles. The fraction of sp³-hybridized carbons (Fsp3) is 0.250. The summed E-state index contributed by atoms with van der Waals surface area (Å²) in [7, 11) is 0. The van der Waals surface area contributed by atoms with Crippen LogP contribution in [-0.2, 0) is 0 Å². The number of H-pyrrole nitrogens is 1. The monoisotopic (exact) mass is 229 g/mol. The molecule has 1 heterocycles. The summed E-state index contributed by atoms with van der Waals surface area (Å²) >= 11 is 0. The molecule has 1 N–H and O–H groups in total. The summed E-state index contributed by atoms with van der Waals surface area (Å²) in [6, 6.07) is 0. The summed E-state index contributed by atoms with van der Waals surface area (Å²) < 4.78 is 0. The molecule has 0 aliphatic rings. The molecule has 1 nitrogen and oxygen atoms in total. The summed E-state index contributed by atoms with van der Waals surface area (Å²) in [4.78, 5) is 3.34. The van der Waals surface area contributed by atoms with Crippen molar-refractivity contribution in [2.24, 2.45) is 0 Å². The van der Waals surface area contributed by atoms with Gasteiger partial charge in [0, 0.05) is 22.5 Å². The number of hydrogen-bond acceptors (Lipinski definition) is 0. The molecular formula is C16H23N. The second-order valence-corrected chi connectivity index (χ2v) is 3.19. The van der Waals surface area contributed by atoms with Crippen LogP contribution in [0.3, 0.4) is 0 Å². The Morgan fingerprint density at radius 1 is 0.824 bits per heavy atom. The van der Waals surface area contributed by atoms with Crippen LogP contribution in [0.25, 0.3) is 24.3 Å². The molecular weight excluding hydrogens is 206 g/mol. The molecule has 0 aromatic carbocycles. The largest absolute Gasteiger partial charge is 0.355 e. The Hall–Kier alpha value is -1.76. The number of allylic oxidation sites excluding steroid dienone is 2. The van der Waals surface area contributed by atoms with Crippen molar-refractivity contribution in [3.05, 3.63) is 47.8 Å². The second kappa shape index (κ2) is 8.40. The molecule has 0 bridgehead atoms. The molecule has 0 aliphatic carbocycles. The molecule has 92 valence electrons. The zero-order valence-corrected chi connectivity index (χ0v) is 11.4. The molecule has 0 saturated carbocycles. The van der Waals surface area contributed by atoms with Crippen LogP contribution in [0.4, 0.5) is 0 Å². The van der Waals surface area contributed by atoms with E-state index in [0.717, 1.165) is 22.5 Å². The van der Waals surface area contributed by atoms with E-state index in [1.807, 2.05) is 64.2 Å². The van der Waals surface area contributed by atoms with Gasteiger partial charge in [0.05, 0.1) is 0 Å². The highest BCUT2D eigenvalue weighted by Crippen LogP contribution is 2.23. The standard InChI is InChI=1S/C14H17N.C2H6/c1-5-9-13-11(7-3)12(8-4)14(15-13)10-6-2;1-2/h5-10,15H,3-4H2,1-2H3;1-2H3/b9-5-,10-6-;. The minimum absolute atomic E-state index is 1.08. The average molecular weight is 229 g/mol. The van der Waals surface area contributed by atoms with E-state index in [1.165, 1.54) is 0 Å². The lowest BCUT2D eigenvalue weighted by atomic mass is 10.1. The minimum Gasteiger partial charge on any atom is -0.355 e. The van der Waals surface area contributed by atoms with Gasteiger partial charge in [-0.1, -0.05) is 51.3 Å². The average Bonchev–Trinajstić information content (AvgIpc) is 2.69. The highest BCUT2D eigenvalue weighted by Gasteiger charge is 2.08.